The lowest BCUT2D eigenvalue weighted by molar-refractivity contribution is 0.702. The molecule has 1 fully saturated rings. The van der Waals surface area contributed by atoms with Crippen molar-refractivity contribution in [3.05, 3.63) is 11.6 Å². The quantitative estimate of drug-likeness (QED) is 0.437. The molecule has 1 aliphatic carbocycles. The molecule has 0 unspecified atom stereocenters. The minimum atomic E-state index is 0.731. The van der Waals surface area contributed by atoms with Crippen LogP contribution in [0.5, 0.6) is 0 Å². The van der Waals surface area contributed by atoms with Gasteiger partial charge < -0.3 is 5.73 Å². The molecular formula is C9H17N. The Bertz CT molecular complexity index is 106. The van der Waals surface area contributed by atoms with Gasteiger partial charge in [-0.15, -0.1) is 0 Å². The zero-order chi connectivity index (χ0) is 7.23. The Kier molecular flexibility index (Phi) is 3.52. The van der Waals surface area contributed by atoms with E-state index in [1.54, 1.807) is 5.57 Å². The van der Waals surface area contributed by atoms with Crippen LogP contribution in [0.25, 0.3) is 0 Å². The third-order valence-electron chi connectivity index (χ3n) is 2.15. The van der Waals surface area contributed by atoms with Gasteiger partial charge in [0.15, 0.2) is 0 Å². The maximum Gasteiger partial charge on any atom is 0.0109 e. The van der Waals surface area contributed by atoms with Gasteiger partial charge >= 0.3 is 0 Å². The summed E-state index contributed by atoms with van der Waals surface area (Å²) < 4.78 is 0. The van der Waals surface area contributed by atoms with E-state index in [0.29, 0.717) is 0 Å². The van der Waals surface area contributed by atoms with Gasteiger partial charge in [-0.25, -0.2) is 0 Å². The van der Waals surface area contributed by atoms with Gasteiger partial charge in [-0.05, 0) is 25.7 Å². The van der Waals surface area contributed by atoms with Crippen LogP contribution in [0.15, 0.2) is 11.6 Å². The van der Waals surface area contributed by atoms with Crippen LogP contribution in [0.4, 0.5) is 0 Å². The van der Waals surface area contributed by atoms with E-state index < -0.39 is 0 Å². The van der Waals surface area contributed by atoms with Crippen molar-refractivity contribution >= 4 is 0 Å². The molecule has 1 nitrogen and oxygen atoms in total. The molecular weight excluding hydrogens is 122 g/mol. The summed E-state index contributed by atoms with van der Waals surface area (Å²) in [5.41, 5.74) is 7.03. The Hall–Kier alpha value is -0.300. The molecule has 2 N–H and O–H groups in total. The van der Waals surface area contributed by atoms with Crippen molar-refractivity contribution in [2.24, 2.45) is 5.73 Å². The first-order chi connectivity index (χ1) is 4.93. The molecule has 1 heteroatoms. The van der Waals surface area contributed by atoms with Crippen LogP contribution in [0.2, 0.25) is 0 Å². The minimum absolute atomic E-state index is 0.731. The number of nitrogens with two attached hydrogens (primary N) is 1. The highest BCUT2D eigenvalue weighted by Crippen LogP contribution is 2.21. The summed E-state index contributed by atoms with van der Waals surface area (Å²) in [5.74, 6) is 0. The van der Waals surface area contributed by atoms with E-state index in [4.69, 9.17) is 5.73 Å². The first kappa shape index (κ1) is 7.80. The van der Waals surface area contributed by atoms with Gasteiger partial charge in [0.05, 0.1) is 0 Å². The zero-order valence-electron chi connectivity index (χ0n) is 6.60. The van der Waals surface area contributed by atoms with Gasteiger partial charge in [-0.2, -0.15) is 0 Å². The first-order valence-electron chi connectivity index (χ1n) is 4.31. The molecule has 1 rings (SSSR count). The second-order valence-corrected chi connectivity index (χ2v) is 3.01. The molecule has 0 atom stereocenters. The molecule has 0 aromatic heterocycles. The fourth-order valence-electron chi connectivity index (χ4n) is 1.55. The Morgan fingerprint density at radius 1 is 1.10 bits per heavy atom. The van der Waals surface area contributed by atoms with E-state index in [0.717, 1.165) is 6.54 Å². The summed E-state index contributed by atoms with van der Waals surface area (Å²) in [7, 11) is 0. The van der Waals surface area contributed by atoms with E-state index in [1.165, 1.54) is 38.5 Å². The molecule has 0 aromatic carbocycles. The molecule has 0 amide bonds. The lowest BCUT2D eigenvalue weighted by Crippen LogP contribution is -1.95. The minimum Gasteiger partial charge on any atom is -0.327 e. The smallest absolute Gasteiger partial charge is 0.0109 e. The number of hydrogen-bond donors (Lipinski definition) is 1. The Balaban J connectivity index is 2.35. The topological polar surface area (TPSA) is 26.0 Å². The van der Waals surface area contributed by atoms with Crippen molar-refractivity contribution in [1.29, 1.82) is 0 Å². The van der Waals surface area contributed by atoms with E-state index in [9.17, 15) is 0 Å². The van der Waals surface area contributed by atoms with Crippen LogP contribution >= 0.6 is 0 Å². The second kappa shape index (κ2) is 4.51. The lowest BCUT2D eigenvalue weighted by atomic mass is 10.1. The second-order valence-electron chi connectivity index (χ2n) is 3.01. The predicted molar refractivity (Wildman–Crippen MR) is 44.8 cm³/mol. The summed E-state index contributed by atoms with van der Waals surface area (Å²) >= 11 is 0. The zero-order valence-corrected chi connectivity index (χ0v) is 6.60. The molecule has 0 bridgehead atoms. The number of allylic oxidation sites excluding steroid dienone is 1. The van der Waals surface area contributed by atoms with Crippen molar-refractivity contribution in [3.8, 4) is 0 Å². The number of hydrogen-bond acceptors (Lipinski definition) is 1. The van der Waals surface area contributed by atoms with E-state index in [2.05, 4.69) is 6.08 Å². The van der Waals surface area contributed by atoms with Crippen LogP contribution in [-0.2, 0) is 0 Å². The fourth-order valence-corrected chi connectivity index (χ4v) is 1.55. The molecule has 0 saturated heterocycles. The SMILES string of the molecule is NCC=C1CCCCCC1. The van der Waals surface area contributed by atoms with Gasteiger partial charge in [-0.3, -0.25) is 0 Å². The third kappa shape index (κ3) is 2.53. The van der Waals surface area contributed by atoms with Gasteiger partial charge in [0.25, 0.3) is 0 Å². The van der Waals surface area contributed by atoms with Crippen LogP contribution in [0.3, 0.4) is 0 Å². The predicted octanol–water partition coefficient (Wildman–Crippen LogP) is 2.23. The van der Waals surface area contributed by atoms with Gasteiger partial charge in [0.2, 0.25) is 0 Å². The molecule has 0 aromatic rings. The summed E-state index contributed by atoms with van der Waals surface area (Å²) in [6, 6.07) is 0. The van der Waals surface area contributed by atoms with Crippen molar-refractivity contribution < 1.29 is 0 Å². The van der Waals surface area contributed by atoms with Crippen molar-refractivity contribution in [1.82, 2.24) is 0 Å². The maximum atomic E-state index is 5.43. The summed E-state index contributed by atoms with van der Waals surface area (Å²) in [4.78, 5) is 0. The summed E-state index contributed by atoms with van der Waals surface area (Å²) in [5, 5.41) is 0. The molecule has 1 saturated carbocycles. The fraction of sp³-hybridized carbons (Fsp3) is 0.778. The molecule has 0 spiro atoms. The van der Waals surface area contributed by atoms with Gasteiger partial charge in [0, 0.05) is 6.54 Å². The van der Waals surface area contributed by atoms with E-state index >= 15 is 0 Å². The highest BCUT2D eigenvalue weighted by atomic mass is 14.5. The van der Waals surface area contributed by atoms with Crippen LogP contribution in [0, 0.1) is 0 Å². The monoisotopic (exact) mass is 139 g/mol. The average molecular weight is 139 g/mol. The van der Waals surface area contributed by atoms with Crippen LogP contribution < -0.4 is 5.73 Å². The van der Waals surface area contributed by atoms with E-state index in [-0.39, 0.29) is 0 Å². The molecule has 58 valence electrons. The normalized spacial score (nSPS) is 20.3. The third-order valence-corrected chi connectivity index (χ3v) is 2.15. The van der Waals surface area contributed by atoms with Gasteiger partial charge in [-0.1, -0.05) is 24.5 Å². The molecule has 1 aliphatic rings. The molecule has 10 heavy (non-hydrogen) atoms. The maximum absolute atomic E-state index is 5.43. The van der Waals surface area contributed by atoms with Crippen LogP contribution in [-0.4, -0.2) is 6.54 Å². The lowest BCUT2D eigenvalue weighted by Gasteiger charge is -1.99. The van der Waals surface area contributed by atoms with Crippen LogP contribution in [0.1, 0.15) is 38.5 Å². The van der Waals surface area contributed by atoms with Crippen molar-refractivity contribution in [2.45, 2.75) is 38.5 Å². The first-order valence-corrected chi connectivity index (χ1v) is 4.31. The largest absolute Gasteiger partial charge is 0.327 e. The molecule has 0 aliphatic heterocycles. The molecule has 0 radical (unpaired) electrons. The number of rotatable bonds is 1. The highest BCUT2D eigenvalue weighted by Gasteiger charge is 2.02. The van der Waals surface area contributed by atoms with Gasteiger partial charge in [0.1, 0.15) is 0 Å². The highest BCUT2D eigenvalue weighted by molar-refractivity contribution is 5.03. The molecule has 0 heterocycles. The van der Waals surface area contributed by atoms with Crippen molar-refractivity contribution in [3.63, 3.8) is 0 Å². The Labute approximate surface area is 63.3 Å². The average Bonchev–Trinajstić information content (AvgIpc) is 2.17. The van der Waals surface area contributed by atoms with E-state index in [1.807, 2.05) is 0 Å². The summed E-state index contributed by atoms with van der Waals surface area (Å²) in [6.45, 7) is 0.731. The Morgan fingerprint density at radius 3 is 2.20 bits per heavy atom. The standard InChI is InChI=1S/C9H17N/c10-8-7-9-5-3-1-2-4-6-9/h7H,1-6,8,10H2. The summed E-state index contributed by atoms with van der Waals surface area (Å²) in [6.07, 6.45) is 10.4. The Morgan fingerprint density at radius 2 is 1.70 bits per heavy atom. The van der Waals surface area contributed by atoms with Crippen molar-refractivity contribution in [2.75, 3.05) is 6.54 Å².